The highest BCUT2D eigenvalue weighted by atomic mass is 19.3. The van der Waals surface area contributed by atoms with E-state index in [1.807, 2.05) is 0 Å². The Morgan fingerprint density at radius 2 is 1.60 bits per heavy atom. The summed E-state index contributed by atoms with van der Waals surface area (Å²) in [6.45, 7) is -1.85. The van der Waals surface area contributed by atoms with Crippen molar-refractivity contribution < 1.29 is 40.2 Å². The molecular weight excluding hydrogens is 237 g/mol. The summed E-state index contributed by atoms with van der Waals surface area (Å²) in [5.41, 5.74) is 0. The molecule has 0 aromatic heterocycles. The van der Waals surface area contributed by atoms with Crippen molar-refractivity contribution in [1.29, 1.82) is 0 Å². The Labute approximate surface area is 78.9 Å². The molecule has 1 fully saturated rings. The quantitative estimate of drug-likeness (QED) is 0.558. The molecule has 0 aliphatic carbocycles. The van der Waals surface area contributed by atoms with Crippen molar-refractivity contribution in [3.63, 3.8) is 0 Å². The van der Waals surface area contributed by atoms with Crippen LogP contribution in [-0.4, -0.2) is 30.6 Å². The van der Waals surface area contributed by atoms with Crippen LogP contribution in [0.25, 0.3) is 0 Å². The maximum Gasteiger partial charge on any atom is 0.427 e. The highest BCUT2D eigenvalue weighted by molar-refractivity contribution is 5.00. The minimum atomic E-state index is -5.29. The molecule has 0 N–H and O–H groups in total. The van der Waals surface area contributed by atoms with Crippen molar-refractivity contribution in [3.05, 3.63) is 0 Å². The van der Waals surface area contributed by atoms with Crippen LogP contribution in [0.1, 0.15) is 6.92 Å². The van der Waals surface area contributed by atoms with Gasteiger partial charge in [0.1, 0.15) is 6.67 Å². The Kier molecular flexibility index (Phi) is 2.48. The van der Waals surface area contributed by atoms with Crippen LogP contribution in [0.2, 0.25) is 0 Å². The highest BCUT2D eigenvalue weighted by Gasteiger charge is 2.90. The first-order valence-corrected chi connectivity index (χ1v) is 3.57. The van der Waals surface area contributed by atoms with E-state index in [-0.39, 0.29) is 6.92 Å². The largest absolute Gasteiger partial charge is 0.427 e. The van der Waals surface area contributed by atoms with E-state index in [4.69, 9.17) is 0 Å². The van der Waals surface area contributed by atoms with E-state index < -0.39 is 30.6 Å². The third kappa shape index (κ3) is 1.89. The summed E-state index contributed by atoms with van der Waals surface area (Å²) < 4.78 is 91.7. The van der Waals surface area contributed by atoms with Gasteiger partial charge in [-0.15, -0.1) is 0 Å². The molecule has 0 bridgehead atoms. The summed E-state index contributed by atoms with van der Waals surface area (Å²) in [5.74, 6) is -8.33. The number of alkyl halides is 7. The molecule has 90 valence electrons. The standard InChI is InChI=1S/C6H5F7O2/c1-3(8,2-7)14-5(10,11)4(9)6(12,13)15-4/h2H2,1H3. The van der Waals surface area contributed by atoms with Gasteiger partial charge in [-0.2, -0.15) is 22.0 Å². The molecule has 0 radical (unpaired) electrons. The van der Waals surface area contributed by atoms with Crippen molar-refractivity contribution >= 4 is 0 Å². The number of halogens is 7. The van der Waals surface area contributed by atoms with E-state index in [0.717, 1.165) is 0 Å². The minimum Gasteiger partial charge on any atom is -0.275 e. The number of epoxide rings is 1. The molecule has 2 atom stereocenters. The number of hydrogen-bond donors (Lipinski definition) is 0. The van der Waals surface area contributed by atoms with Crippen LogP contribution in [0.4, 0.5) is 30.7 Å². The predicted octanol–water partition coefficient (Wildman–Crippen LogP) is 2.54. The first-order valence-electron chi connectivity index (χ1n) is 3.57. The Morgan fingerprint density at radius 1 is 1.20 bits per heavy atom. The normalized spacial score (nSPS) is 33.6. The van der Waals surface area contributed by atoms with E-state index in [0.29, 0.717) is 0 Å². The molecule has 1 aliphatic heterocycles. The smallest absolute Gasteiger partial charge is 0.275 e. The molecule has 0 amide bonds. The Balaban J connectivity index is 2.78. The molecule has 1 rings (SSSR count). The van der Waals surface area contributed by atoms with Crippen molar-refractivity contribution in [3.8, 4) is 0 Å². The summed E-state index contributed by atoms with van der Waals surface area (Å²) in [6.07, 6.45) is -10.1. The lowest BCUT2D eigenvalue weighted by Gasteiger charge is -2.24. The van der Waals surface area contributed by atoms with Crippen LogP contribution in [0.3, 0.4) is 0 Å². The van der Waals surface area contributed by atoms with Gasteiger partial charge in [-0.1, -0.05) is 0 Å². The maximum absolute atomic E-state index is 12.6. The van der Waals surface area contributed by atoms with E-state index in [2.05, 4.69) is 9.47 Å². The minimum absolute atomic E-state index is 0.199. The lowest BCUT2D eigenvalue weighted by Crippen LogP contribution is -2.46. The fraction of sp³-hybridized carbons (Fsp3) is 1.00. The van der Waals surface area contributed by atoms with Gasteiger partial charge in [0.05, 0.1) is 0 Å². The van der Waals surface area contributed by atoms with Gasteiger partial charge >= 0.3 is 18.1 Å². The fourth-order valence-corrected chi connectivity index (χ4v) is 0.740. The molecule has 1 heterocycles. The molecule has 0 spiro atoms. The van der Waals surface area contributed by atoms with Gasteiger partial charge in [0.25, 0.3) is 0 Å². The molecule has 0 aromatic carbocycles. The second-order valence-electron chi connectivity index (χ2n) is 3.07. The number of rotatable bonds is 4. The lowest BCUT2D eigenvalue weighted by molar-refractivity contribution is -0.374. The van der Waals surface area contributed by atoms with Gasteiger partial charge in [0.2, 0.25) is 5.85 Å². The molecule has 2 nitrogen and oxygen atoms in total. The third-order valence-electron chi connectivity index (χ3n) is 1.56. The average molecular weight is 242 g/mol. The van der Waals surface area contributed by atoms with Gasteiger partial charge in [0, 0.05) is 0 Å². The van der Waals surface area contributed by atoms with Crippen molar-refractivity contribution in [1.82, 2.24) is 0 Å². The molecule has 9 heteroatoms. The van der Waals surface area contributed by atoms with E-state index in [9.17, 15) is 30.7 Å². The zero-order valence-electron chi connectivity index (χ0n) is 7.17. The van der Waals surface area contributed by atoms with E-state index >= 15 is 0 Å². The summed E-state index contributed by atoms with van der Waals surface area (Å²) in [7, 11) is 0. The zero-order valence-corrected chi connectivity index (χ0v) is 7.17. The second kappa shape index (κ2) is 2.97. The maximum atomic E-state index is 12.6. The topological polar surface area (TPSA) is 21.8 Å². The van der Waals surface area contributed by atoms with Crippen LogP contribution >= 0.6 is 0 Å². The van der Waals surface area contributed by atoms with Gasteiger partial charge in [-0.25, -0.2) is 8.78 Å². The Hall–Kier alpha value is -0.570. The predicted molar refractivity (Wildman–Crippen MR) is 31.4 cm³/mol. The monoisotopic (exact) mass is 242 g/mol. The van der Waals surface area contributed by atoms with Crippen molar-refractivity contribution in [2.45, 2.75) is 30.9 Å². The average Bonchev–Trinajstić information content (AvgIpc) is 2.51. The first-order chi connectivity index (χ1) is 6.47. The van der Waals surface area contributed by atoms with E-state index in [1.54, 1.807) is 0 Å². The molecular formula is C6H5F7O2. The number of ether oxygens (including phenoxy) is 2. The van der Waals surface area contributed by atoms with Gasteiger partial charge < -0.3 is 0 Å². The van der Waals surface area contributed by atoms with Gasteiger partial charge in [0.15, 0.2) is 0 Å². The summed E-state index contributed by atoms with van der Waals surface area (Å²) in [5, 5.41) is 0. The van der Waals surface area contributed by atoms with Crippen molar-refractivity contribution in [2.75, 3.05) is 6.67 Å². The third-order valence-corrected chi connectivity index (χ3v) is 1.56. The molecule has 0 saturated carbocycles. The van der Waals surface area contributed by atoms with Crippen molar-refractivity contribution in [2.24, 2.45) is 0 Å². The zero-order chi connectivity index (χ0) is 12.1. The molecule has 2 unspecified atom stereocenters. The SMILES string of the molecule is CC(F)(CF)OC(F)(F)C1(F)OC1(F)F. The fourth-order valence-electron chi connectivity index (χ4n) is 0.740. The molecule has 15 heavy (non-hydrogen) atoms. The Morgan fingerprint density at radius 3 is 1.87 bits per heavy atom. The van der Waals surface area contributed by atoms with Crippen LogP contribution in [0.5, 0.6) is 0 Å². The molecule has 1 aliphatic rings. The van der Waals surface area contributed by atoms with Crippen LogP contribution < -0.4 is 0 Å². The molecule has 1 saturated heterocycles. The summed E-state index contributed by atoms with van der Waals surface area (Å²) in [6, 6.07) is 0. The summed E-state index contributed by atoms with van der Waals surface area (Å²) in [4.78, 5) is 0. The number of hydrogen-bond acceptors (Lipinski definition) is 2. The molecule has 0 aromatic rings. The van der Waals surface area contributed by atoms with Gasteiger partial charge in [-0.3, -0.25) is 9.47 Å². The second-order valence-corrected chi connectivity index (χ2v) is 3.07. The van der Waals surface area contributed by atoms with Gasteiger partial charge in [-0.05, 0) is 6.92 Å². The first kappa shape index (κ1) is 12.5. The summed E-state index contributed by atoms with van der Waals surface area (Å²) >= 11 is 0. The Bertz CT molecular complexity index is 266. The lowest BCUT2D eigenvalue weighted by atomic mass is 10.3. The van der Waals surface area contributed by atoms with Crippen LogP contribution in [0, 0.1) is 0 Å². The van der Waals surface area contributed by atoms with E-state index in [1.165, 1.54) is 0 Å². The highest BCUT2D eigenvalue weighted by Crippen LogP contribution is 2.61. The van der Waals surface area contributed by atoms with Crippen LogP contribution in [0.15, 0.2) is 0 Å². The van der Waals surface area contributed by atoms with Crippen LogP contribution in [-0.2, 0) is 9.47 Å².